The van der Waals surface area contributed by atoms with Crippen LogP contribution in [0.4, 0.5) is 8.78 Å². The molecule has 4 nitrogen and oxygen atoms in total. The lowest BCUT2D eigenvalue weighted by atomic mass is 9.94. The number of amides is 1. The van der Waals surface area contributed by atoms with E-state index in [0.29, 0.717) is 12.1 Å². The highest BCUT2D eigenvalue weighted by molar-refractivity contribution is 5.84. The first-order valence-electron chi connectivity index (χ1n) is 6.73. The normalized spacial score (nSPS) is 13.6. The lowest BCUT2D eigenvalue weighted by molar-refractivity contribution is -0.149. The third kappa shape index (κ3) is 4.24. The maximum absolute atomic E-state index is 13.2. The van der Waals surface area contributed by atoms with Crippen molar-refractivity contribution in [2.75, 3.05) is 6.54 Å². The van der Waals surface area contributed by atoms with Crippen LogP contribution < -0.4 is 0 Å². The maximum Gasteiger partial charge on any atom is 0.307 e. The highest BCUT2D eigenvalue weighted by Gasteiger charge is 2.28. The van der Waals surface area contributed by atoms with Gasteiger partial charge in [-0.1, -0.05) is 19.9 Å². The minimum atomic E-state index is -1.04. The van der Waals surface area contributed by atoms with E-state index in [0.717, 1.165) is 12.1 Å². The first kappa shape index (κ1) is 17.1. The van der Waals surface area contributed by atoms with Crippen LogP contribution in [0.15, 0.2) is 18.2 Å². The number of rotatable bonds is 6. The van der Waals surface area contributed by atoms with Gasteiger partial charge in [-0.15, -0.1) is 0 Å². The molecule has 0 spiro atoms. The number of carbonyl (C=O) groups is 2. The van der Waals surface area contributed by atoms with Gasteiger partial charge >= 0.3 is 5.97 Å². The summed E-state index contributed by atoms with van der Waals surface area (Å²) in [5, 5.41) is 8.95. The van der Waals surface area contributed by atoms with Crippen molar-refractivity contribution in [2.45, 2.75) is 27.3 Å². The molecule has 2 atom stereocenters. The number of hydrogen-bond acceptors (Lipinski definition) is 2. The minimum absolute atomic E-state index is 0.114. The second kappa shape index (κ2) is 7.15. The summed E-state index contributed by atoms with van der Waals surface area (Å²) < 4.78 is 26.0. The van der Waals surface area contributed by atoms with E-state index in [2.05, 4.69) is 0 Å². The Balaban J connectivity index is 2.85. The van der Waals surface area contributed by atoms with E-state index in [9.17, 15) is 18.4 Å². The molecule has 116 valence electrons. The Kier molecular flexibility index (Phi) is 5.81. The average molecular weight is 299 g/mol. The molecule has 1 aromatic carbocycles. The smallest absolute Gasteiger partial charge is 0.307 e. The molecular weight excluding hydrogens is 280 g/mol. The van der Waals surface area contributed by atoms with Gasteiger partial charge in [0.15, 0.2) is 11.6 Å². The highest BCUT2D eigenvalue weighted by atomic mass is 19.2. The number of nitrogens with zero attached hydrogens (tertiary/aromatic N) is 1. The number of halogens is 2. The fourth-order valence-corrected chi connectivity index (χ4v) is 1.92. The van der Waals surface area contributed by atoms with Gasteiger partial charge in [0.2, 0.25) is 5.91 Å². The SMILES string of the molecule is CCN(Cc1ccc(F)c(F)c1)C(=O)C(C)C(C)C(=O)O. The molecule has 0 fully saturated rings. The van der Waals surface area contributed by atoms with E-state index in [4.69, 9.17) is 5.11 Å². The summed E-state index contributed by atoms with van der Waals surface area (Å²) in [5.74, 6) is -4.77. The molecule has 21 heavy (non-hydrogen) atoms. The summed E-state index contributed by atoms with van der Waals surface area (Å²) in [6, 6.07) is 3.45. The van der Waals surface area contributed by atoms with Crippen molar-refractivity contribution >= 4 is 11.9 Å². The third-order valence-electron chi connectivity index (χ3n) is 3.58. The van der Waals surface area contributed by atoms with Gasteiger partial charge in [0, 0.05) is 19.0 Å². The Hall–Kier alpha value is -1.98. The summed E-state index contributed by atoms with van der Waals surface area (Å²) >= 11 is 0. The molecule has 0 aliphatic heterocycles. The second-order valence-corrected chi connectivity index (χ2v) is 5.02. The van der Waals surface area contributed by atoms with Crippen molar-refractivity contribution in [1.29, 1.82) is 0 Å². The average Bonchev–Trinajstić information content (AvgIpc) is 2.45. The zero-order chi connectivity index (χ0) is 16.2. The Morgan fingerprint density at radius 2 is 1.81 bits per heavy atom. The number of hydrogen-bond donors (Lipinski definition) is 1. The molecule has 0 aliphatic carbocycles. The third-order valence-corrected chi connectivity index (χ3v) is 3.58. The molecule has 0 aromatic heterocycles. The van der Waals surface area contributed by atoms with Crippen LogP contribution in [0.2, 0.25) is 0 Å². The van der Waals surface area contributed by atoms with Crippen LogP contribution >= 0.6 is 0 Å². The van der Waals surface area contributed by atoms with Gasteiger partial charge in [-0.05, 0) is 24.6 Å². The van der Waals surface area contributed by atoms with Gasteiger partial charge in [0.25, 0.3) is 0 Å². The molecule has 0 radical (unpaired) electrons. The quantitative estimate of drug-likeness (QED) is 0.878. The highest BCUT2D eigenvalue weighted by Crippen LogP contribution is 2.17. The van der Waals surface area contributed by atoms with E-state index in [1.54, 1.807) is 13.8 Å². The van der Waals surface area contributed by atoms with Crippen molar-refractivity contribution in [3.05, 3.63) is 35.4 Å². The van der Waals surface area contributed by atoms with Crippen molar-refractivity contribution in [3.63, 3.8) is 0 Å². The Morgan fingerprint density at radius 3 is 2.29 bits per heavy atom. The summed E-state index contributed by atoms with van der Waals surface area (Å²) in [4.78, 5) is 24.6. The molecule has 2 unspecified atom stereocenters. The fraction of sp³-hybridized carbons (Fsp3) is 0.467. The lowest BCUT2D eigenvalue weighted by Crippen LogP contribution is -2.38. The Labute approximate surface area is 122 Å². The van der Waals surface area contributed by atoms with Crippen LogP contribution in [0.3, 0.4) is 0 Å². The zero-order valence-corrected chi connectivity index (χ0v) is 12.3. The van der Waals surface area contributed by atoms with Crippen LogP contribution in [0, 0.1) is 23.5 Å². The van der Waals surface area contributed by atoms with Gasteiger partial charge in [0.05, 0.1) is 5.92 Å². The zero-order valence-electron chi connectivity index (χ0n) is 12.3. The summed E-state index contributed by atoms with van der Waals surface area (Å²) in [6.07, 6.45) is 0. The van der Waals surface area contributed by atoms with Gasteiger partial charge < -0.3 is 10.0 Å². The summed E-state index contributed by atoms with van der Waals surface area (Å²) in [6.45, 7) is 5.24. The van der Waals surface area contributed by atoms with E-state index in [1.165, 1.54) is 17.9 Å². The van der Waals surface area contributed by atoms with Crippen LogP contribution in [-0.2, 0) is 16.1 Å². The summed E-state index contributed by atoms with van der Waals surface area (Å²) in [7, 11) is 0. The van der Waals surface area contributed by atoms with Crippen LogP contribution in [0.25, 0.3) is 0 Å². The van der Waals surface area contributed by atoms with Crippen LogP contribution in [-0.4, -0.2) is 28.4 Å². The van der Waals surface area contributed by atoms with E-state index in [-0.39, 0.29) is 12.5 Å². The summed E-state index contributed by atoms with van der Waals surface area (Å²) in [5.41, 5.74) is 0.458. The maximum atomic E-state index is 13.2. The van der Waals surface area contributed by atoms with Gasteiger partial charge in [-0.3, -0.25) is 9.59 Å². The molecule has 6 heteroatoms. The molecule has 1 rings (SSSR count). The molecule has 1 aromatic rings. The first-order chi connectivity index (χ1) is 9.77. The molecule has 0 bridgehead atoms. The van der Waals surface area contributed by atoms with E-state index in [1.807, 2.05) is 0 Å². The molecule has 0 saturated carbocycles. The lowest BCUT2D eigenvalue weighted by Gasteiger charge is -2.26. The Bertz CT molecular complexity index is 534. The standard InChI is InChI=1S/C15H19F2NO3/c1-4-18(14(19)9(2)10(3)15(20)21)8-11-5-6-12(16)13(17)7-11/h5-7,9-10H,4,8H2,1-3H3,(H,20,21). The molecular formula is C15H19F2NO3. The predicted molar refractivity (Wildman–Crippen MR) is 73.4 cm³/mol. The Morgan fingerprint density at radius 1 is 1.19 bits per heavy atom. The van der Waals surface area contributed by atoms with Gasteiger partial charge in [-0.2, -0.15) is 0 Å². The van der Waals surface area contributed by atoms with Crippen LogP contribution in [0.1, 0.15) is 26.3 Å². The number of carbonyl (C=O) groups excluding carboxylic acids is 1. The predicted octanol–water partition coefficient (Wildman–Crippen LogP) is 2.67. The van der Waals surface area contributed by atoms with Crippen molar-refractivity contribution in [2.24, 2.45) is 11.8 Å². The monoisotopic (exact) mass is 299 g/mol. The number of carboxylic acid groups (broad SMARTS) is 1. The number of carboxylic acids is 1. The van der Waals surface area contributed by atoms with E-state index < -0.39 is 29.4 Å². The first-order valence-corrected chi connectivity index (χ1v) is 6.73. The molecule has 0 heterocycles. The number of benzene rings is 1. The van der Waals surface area contributed by atoms with Gasteiger partial charge in [0.1, 0.15) is 0 Å². The van der Waals surface area contributed by atoms with Gasteiger partial charge in [-0.25, -0.2) is 8.78 Å². The minimum Gasteiger partial charge on any atom is -0.481 e. The van der Waals surface area contributed by atoms with Crippen molar-refractivity contribution in [3.8, 4) is 0 Å². The van der Waals surface area contributed by atoms with Crippen molar-refractivity contribution in [1.82, 2.24) is 4.90 Å². The van der Waals surface area contributed by atoms with Crippen LogP contribution in [0.5, 0.6) is 0 Å². The molecule has 0 aliphatic rings. The largest absolute Gasteiger partial charge is 0.481 e. The molecule has 1 N–H and O–H groups in total. The fourth-order valence-electron chi connectivity index (χ4n) is 1.92. The second-order valence-electron chi connectivity index (χ2n) is 5.02. The topological polar surface area (TPSA) is 57.6 Å². The molecule has 1 amide bonds. The number of aliphatic carboxylic acids is 1. The van der Waals surface area contributed by atoms with Crippen molar-refractivity contribution < 1.29 is 23.5 Å². The molecule has 0 saturated heterocycles. The van der Waals surface area contributed by atoms with E-state index >= 15 is 0 Å².